The zero-order valence-electron chi connectivity index (χ0n) is 21.4. The summed E-state index contributed by atoms with van der Waals surface area (Å²) < 4.78 is 5.58. The summed E-state index contributed by atoms with van der Waals surface area (Å²) in [4.78, 5) is 5.02. The van der Waals surface area contributed by atoms with Crippen LogP contribution in [0.2, 0.25) is 0 Å². The Morgan fingerprint density at radius 2 is 1.73 bits per heavy atom. The Morgan fingerprint density at radius 3 is 2.30 bits per heavy atom. The molecule has 1 unspecified atom stereocenters. The van der Waals surface area contributed by atoms with E-state index in [4.69, 9.17) is 4.74 Å². The van der Waals surface area contributed by atoms with E-state index in [0.29, 0.717) is 11.8 Å². The largest absolute Gasteiger partial charge is 0.507 e. The number of hydrogen-bond acceptors (Lipinski definition) is 4. The third kappa shape index (κ3) is 7.61. The molecule has 0 bridgehead atoms. The van der Waals surface area contributed by atoms with Crippen LogP contribution in [-0.2, 0) is 11.3 Å². The highest BCUT2D eigenvalue weighted by Gasteiger charge is 2.23. The fraction of sp³-hybridized carbons (Fsp3) is 0.517. The highest BCUT2D eigenvalue weighted by Crippen LogP contribution is 2.27. The Hall–Kier alpha value is -2.32. The van der Waals surface area contributed by atoms with E-state index in [0.717, 1.165) is 55.0 Å². The van der Waals surface area contributed by atoms with Crippen LogP contribution in [-0.4, -0.2) is 54.2 Å². The molecule has 0 saturated carbocycles. The number of hydrogen-bond donors (Lipinski definition) is 1. The third-order valence-corrected chi connectivity index (χ3v) is 6.34. The maximum absolute atomic E-state index is 10.7. The van der Waals surface area contributed by atoms with Gasteiger partial charge in [0, 0.05) is 30.8 Å². The van der Waals surface area contributed by atoms with Crippen molar-refractivity contribution in [1.82, 2.24) is 9.80 Å². The minimum atomic E-state index is -0.266. The standard InChI is InChI=1S/C27H36N2O2.C2H6/c1-5-29(6-2)25-14-16-28(17-15-25)20-24-19-22(18-21(3)27(24)30)12-13-26(31-4)23-10-8-7-9-11-23;1-2/h7-11,18-19,25-26,30H,5-6,14-17,20H2,1-4H3;1-2H3. The normalized spacial score (nSPS) is 15.4. The lowest BCUT2D eigenvalue weighted by atomic mass is 10.0. The van der Waals surface area contributed by atoms with E-state index in [1.807, 2.05) is 63.2 Å². The second-order valence-electron chi connectivity index (χ2n) is 8.33. The summed E-state index contributed by atoms with van der Waals surface area (Å²) in [6.07, 6.45) is 2.11. The Kier molecular flexibility index (Phi) is 11.5. The number of rotatable bonds is 7. The average Bonchev–Trinajstić information content (AvgIpc) is 2.86. The number of nitrogens with zero attached hydrogens (tertiary/aromatic N) is 2. The predicted octanol–water partition coefficient (Wildman–Crippen LogP) is 5.77. The lowest BCUT2D eigenvalue weighted by Crippen LogP contribution is -2.44. The summed E-state index contributed by atoms with van der Waals surface area (Å²) in [6, 6.07) is 14.7. The summed E-state index contributed by atoms with van der Waals surface area (Å²) in [5.74, 6) is 6.89. The van der Waals surface area contributed by atoms with Gasteiger partial charge in [-0.1, -0.05) is 69.9 Å². The maximum Gasteiger partial charge on any atom is 0.143 e. The number of likely N-dealkylation sites (tertiary alicyclic amines) is 1. The van der Waals surface area contributed by atoms with Gasteiger partial charge in [0.1, 0.15) is 11.9 Å². The molecule has 1 heterocycles. The molecule has 4 heteroatoms. The summed E-state index contributed by atoms with van der Waals surface area (Å²) in [5.41, 5.74) is 3.79. The van der Waals surface area contributed by atoms with E-state index in [9.17, 15) is 5.11 Å². The molecule has 0 amide bonds. The molecule has 1 N–H and O–H groups in total. The number of benzene rings is 2. The minimum absolute atomic E-state index is 0.266. The van der Waals surface area contributed by atoms with Crippen LogP contribution in [0.4, 0.5) is 0 Å². The van der Waals surface area contributed by atoms with Gasteiger partial charge >= 0.3 is 0 Å². The first-order valence-corrected chi connectivity index (χ1v) is 12.4. The van der Waals surface area contributed by atoms with Crippen LogP contribution < -0.4 is 0 Å². The van der Waals surface area contributed by atoms with Gasteiger partial charge in [-0.3, -0.25) is 4.90 Å². The number of ether oxygens (including phenoxy) is 1. The second-order valence-corrected chi connectivity index (χ2v) is 8.33. The lowest BCUT2D eigenvalue weighted by Gasteiger charge is -2.37. The molecule has 0 aromatic heterocycles. The quantitative estimate of drug-likeness (QED) is 0.543. The van der Waals surface area contributed by atoms with E-state index in [2.05, 4.69) is 35.5 Å². The monoisotopic (exact) mass is 450 g/mol. The van der Waals surface area contributed by atoms with Gasteiger partial charge in [-0.2, -0.15) is 0 Å². The van der Waals surface area contributed by atoms with E-state index in [1.54, 1.807) is 7.11 Å². The van der Waals surface area contributed by atoms with Gasteiger partial charge in [0.05, 0.1) is 0 Å². The second kappa shape index (κ2) is 14.1. The SMILES string of the molecule is CC.CCN(CC)C1CCN(Cc2cc(C#CC(OC)c3ccccc3)cc(C)c2O)CC1. The van der Waals surface area contributed by atoms with Gasteiger partial charge in [-0.25, -0.2) is 0 Å². The number of piperidine rings is 1. The zero-order valence-corrected chi connectivity index (χ0v) is 21.4. The van der Waals surface area contributed by atoms with Crippen LogP contribution in [0.15, 0.2) is 42.5 Å². The first kappa shape index (κ1) is 26.9. The van der Waals surface area contributed by atoms with Crippen LogP contribution in [0.3, 0.4) is 0 Å². The van der Waals surface area contributed by atoms with Crippen molar-refractivity contribution in [3.63, 3.8) is 0 Å². The molecule has 1 atom stereocenters. The Balaban J connectivity index is 0.00000187. The van der Waals surface area contributed by atoms with Crippen molar-refractivity contribution < 1.29 is 9.84 Å². The molecule has 180 valence electrons. The van der Waals surface area contributed by atoms with Crippen LogP contribution >= 0.6 is 0 Å². The molecule has 2 aromatic carbocycles. The van der Waals surface area contributed by atoms with Gasteiger partial charge in [-0.15, -0.1) is 0 Å². The topological polar surface area (TPSA) is 35.9 Å². The van der Waals surface area contributed by atoms with Gasteiger partial charge < -0.3 is 14.7 Å². The van der Waals surface area contributed by atoms with Crippen molar-refractivity contribution >= 4 is 0 Å². The van der Waals surface area contributed by atoms with Gasteiger partial charge in [0.15, 0.2) is 0 Å². The number of aryl methyl sites for hydroxylation is 1. The molecule has 0 radical (unpaired) electrons. The number of phenolic OH excluding ortho intramolecular Hbond substituents is 1. The van der Waals surface area contributed by atoms with Crippen molar-refractivity contribution in [2.75, 3.05) is 33.3 Å². The van der Waals surface area contributed by atoms with Gasteiger partial charge in [0.2, 0.25) is 0 Å². The van der Waals surface area contributed by atoms with Crippen LogP contribution in [0, 0.1) is 18.8 Å². The van der Waals surface area contributed by atoms with Gasteiger partial charge in [-0.05, 0) is 69.2 Å². The summed E-state index contributed by atoms with van der Waals surface area (Å²) in [7, 11) is 1.68. The molecule has 4 nitrogen and oxygen atoms in total. The van der Waals surface area contributed by atoms with Crippen molar-refractivity contribution in [2.24, 2.45) is 0 Å². The third-order valence-electron chi connectivity index (χ3n) is 6.34. The Morgan fingerprint density at radius 1 is 1.09 bits per heavy atom. The molecule has 33 heavy (non-hydrogen) atoms. The van der Waals surface area contributed by atoms with Crippen LogP contribution in [0.25, 0.3) is 0 Å². The van der Waals surface area contributed by atoms with Crippen molar-refractivity contribution in [3.05, 3.63) is 64.7 Å². The molecule has 1 aliphatic rings. The summed E-state index contributed by atoms with van der Waals surface area (Å²) in [5, 5.41) is 10.7. The van der Waals surface area contributed by atoms with Crippen molar-refractivity contribution in [1.29, 1.82) is 0 Å². The first-order valence-electron chi connectivity index (χ1n) is 12.4. The Bertz CT molecular complexity index is 889. The van der Waals surface area contributed by atoms with Crippen molar-refractivity contribution in [2.45, 2.75) is 66.2 Å². The highest BCUT2D eigenvalue weighted by atomic mass is 16.5. The van der Waals surface area contributed by atoms with E-state index in [-0.39, 0.29) is 6.10 Å². The predicted molar refractivity (Wildman–Crippen MR) is 138 cm³/mol. The van der Waals surface area contributed by atoms with Gasteiger partial charge in [0.25, 0.3) is 0 Å². The van der Waals surface area contributed by atoms with E-state index in [1.165, 1.54) is 12.8 Å². The fourth-order valence-electron chi connectivity index (χ4n) is 4.52. The summed E-state index contributed by atoms with van der Waals surface area (Å²) >= 11 is 0. The molecular formula is C29H42N2O2. The Labute approximate surface area is 201 Å². The first-order chi connectivity index (χ1) is 16.0. The smallest absolute Gasteiger partial charge is 0.143 e. The summed E-state index contributed by atoms with van der Waals surface area (Å²) in [6.45, 7) is 15.6. The van der Waals surface area contributed by atoms with Crippen LogP contribution in [0.1, 0.15) is 68.9 Å². The van der Waals surface area contributed by atoms with Crippen LogP contribution in [0.5, 0.6) is 5.75 Å². The zero-order chi connectivity index (χ0) is 24.2. The molecule has 0 spiro atoms. The van der Waals surface area contributed by atoms with E-state index < -0.39 is 0 Å². The number of methoxy groups -OCH3 is 1. The average molecular weight is 451 g/mol. The minimum Gasteiger partial charge on any atom is -0.507 e. The highest BCUT2D eigenvalue weighted by molar-refractivity contribution is 5.49. The molecule has 2 aromatic rings. The lowest BCUT2D eigenvalue weighted by molar-refractivity contribution is 0.112. The van der Waals surface area contributed by atoms with E-state index >= 15 is 0 Å². The maximum atomic E-state index is 10.7. The molecule has 1 fully saturated rings. The van der Waals surface area contributed by atoms with Crippen molar-refractivity contribution in [3.8, 4) is 17.6 Å². The molecular weight excluding hydrogens is 408 g/mol. The number of phenols is 1. The fourth-order valence-corrected chi connectivity index (χ4v) is 4.52. The molecule has 1 saturated heterocycles. The molecule has 1 aliphatic heterocycles. The number of aromatic hydroxyl groups is 1. The molecule has 0 aliphatic carbocycles. The molecule has 3 rings (SSSR count).